The molecule has 1 rings (SSSR count). The van der Waals surface area contributed by atoms with E-state index in [2.05, 4.69) is 15.9 Å². The van der Waals surface area contributed by atoms with Crippen LogP contribution in [-0.4, -0.2) is 30.2 Å². The van der Waals surface area contributed by atoms with Gasteiger partial charge in [-0.3, -0.25) is 10.1 Å². The third-order valence-corrected chi connectivity index (χ3v) is 2.35. The van der Waals surface area contributed by atoms with E-state index in [4.69, 9.17) is 18.6 Å². The normalized spacial score (nSPS) is 25.8. The molecule has 0 fully saturated rings. The van der Waals surface area contributed by atoms with Crippen molar-refractivity contribution >= 4 is 15.9 Å². The van der Waals surface area contributed by atoms with Gasteiger partial charge in [0.15, 0.2) is 0 Å². The molecule has 0 aromatic rings. The topological polar surface area (TPSA) is 143 Å². The first-order valence-electron chi connectivity index (χ1n) is 3.72. The highest BCUT2D eigenvalue weighted by Gasteiger charge is 2.40. The maximum atomic E-state index is 10.4. The van der Waals surface area contributed by atoms with E-state index in [0.717, 1.165) is 5.01 Å². The van der Waals surface area contributed by atoms with E-state index in [0.29, 0.717) is 4.48 Å². The van der Waals surface area contributed by atoms with Crippen LogP contribution < -0.4 is 23.6 Å². The fourth-order valence-corrected chi connectivity index (χ4v) is 1.80. The smallest absolute Gasteiger partial charge is 0.262 e. The number of hydrogen-bond donors (Lipinski definition) is 1. The minimum absolute atomic E-state index is 0.322. The zero-order valence-corrected chi connectivity index (χ0v) is 10.6. The number of nitrogens with zero attached hydrogens (tertiary/aromatic N) is 2. The Morgan fingerprint density at radius 1 is 1.50 bits per heavy atom. The minimum atomic E-state index is -4.94. The fraction of sp³-hybridized carbons (Fsp3) is 0.600. The predicted molar refractivity (Wildman–Crippen MR) is 42.4 cm³/mol. The van der Waals surface area contributed by atoms with Crippen LogP contribution in [0.3, 0.4) is 0 Å². The number of nitro groups is 1. The third-order valence-electron chi connectivity index (χ3n) is 1.72. The van der Waals surface area contributed by atoms with E-state index in [1.807, 2.05) is 7.05 Å². The average Bonchev–Trinajstić information content (AvgIpc) is 2.22. The Labute approximate surface area is 101 Å². The van der Waals surface area contributed by atoms with Gasteiger partial charge in [0.25, 0.3) is 0 Å². The first-order valence-corrected chi connectivity index (χ1v) is 5.75. The van der Waals surface area contributed by atoms with Crippen molar-refractivity contribution in [2.75, 3.05) is 14.1 Å². The van der Waals surface area contributed by atoms with Crippen LogP contribution >= 0.6 is 15.9 Å². The molecule has 9 nitrogen and oxygen atoms in total. The fourth-order valence-electron chi connectivity index (χ4n) is 0.996. The summed E-state index contributed by atoms with van der Waals surface area (Å²) in [4.78, 5) is 10.1. The number of rotatable bonds is 1. The summed E-state index contributed by atoms with van der Waals surface area (Å²) >= 11 is 3.14. The molecule has 1 N–H and O–H groups in total. The lowest BCUT2D eigenvalue weighted by atomic mass is 10.5. The first-order chi connectivity index (χ1) is 7.04. The third kappa shape index (κ3) is 5.67. The van der Waals surface area contributed by atoms with E-state index in [1.165, 1.54) is 0 Å². The Morgan fingerprint density at radius 2 is 1.88 bits per heavy atom. The molecule has 1 aliphatic rings. The van der Waals surface area contributed by atoms with Gasteiger partial charge in [-0.2, -0.15) is 0 Å². The molecule has 0 aromatic carbocycles. The van der Waals surface area contributed by atoms with Crippen molar-refractivity contribution in [3.8, 4) is 0 Å². The summed E-state index contributed by atoms with van der Waals surface area (Å²) in [5.41, 5.74) is 0. The molecule has 1 heterocycles. The largest absolute Gasteiger partial charge is 0.345 e. The highest BCUT2D eigenvalue weighted by molar-refractivity contribution is 9.11. The summed E-state index contributed by atoms with van der Waals surface area (Å²) in [6, 6.07) is 0. The molecule has 16 heavy (non-hydrogen) atoms. The molecular weight excluding hydrogens is 313 g/mol. The zero-order valence-electron chi connectivity index (χ0n) is 8.25. The molecule has 0 bridgehead atoms. The second kappa shape index (κ2) is 5.84. The Morgan fingerprint density at radius 3 is 2.00 bits per heavy atom. The highest BCUT2D eigenvalue weighted by atomic mass is 79.9. The van der Waals surface area contributed by atoms with Gasteiger partial charge >= 0.3 is 6.17 Å². The molecule has 2 unspecified atom stereocenters. The second-order valence-electron chi connectivity index (χ2n) is 2.82. The SMILES string of the molecule is CN1C([N+](=O)[O-])C(Br)=C[NH+]1C.[O-][Cl+3]([O-])([O-])[O-]. The van der Waals surface area contributed by atoms with Gasteiger partial charge in [0.05, 0.1) is 12.0 Å². The summed E-state index contributed by atoms with van der Waals surface area (Å²) in [5.74, 6) is 0. The molecule has 2 atom stereocenters. The van der Waals surface area contributed by atoms with Crippen molar-refractivity contribution in [2.24, 2.45) is 0 Å². The Bertz CT molecular complexity index is 288. The minimum Gasteiger partial charge on any atom is -0.262 e. The summed E-state index contributed by atoms with van der Waals surface area (Å²) < 4.78 is 34.6. The van der Waals surface area contributed by atoms with Gasteiger partial charge in [-0.25, -0.2) is 23.6 Å². The molecule has 0 aromatic heterocycles. The van der Waals surface area contributed by atoms with E-state index in [-0.39, 0.29) is 4.92 Å². The quantitative estimate of drug-likeness (QED) is 0.374. The van der Waals surface area contributed by atoms with Crippen LogP contribution in [0.1, 0.15) is 0 Å². The van der Waals surface area contributed by atoms with Crippen molar-refractivity contribution in [3.05, 3.63) is 20.8 Å². The van der Waals surface area contributed by atoms with Crippen molar-refractivity contribution in [2.45, 2.75) is 6.17 Å². The van der Waals surface area contributed by atoms with Crippen LogP contribution in [0.2, 0.25) is 0 Å². The van der Waals surface area contributed by atoms with Crippen molar-refractivity contribution in [3.63, 3.8) is 0 Å². The van der Waals surface area contributed by atoms with E-state index in [1.54, 1.807) is 18.3 Å². The lowest BCUT2D eigenvalue weighted by Gasteiger charge is -2.17. The lowest BCUT2D eigenvalue weighted by Crippen LogP contribution is -3.10. The number of nitrogens with one attached hydrogen (secondary N) is 1. The van der Waals surface area contributed by atoms with Crippen LogP contribution in [0.15, 0.2) is 10.7 Å². The maximum absolute atomic E-state index is 10.4. The van der Waals surface area contributed by atoms with Gasteiger partial charge in [0.2, 0.25) is 0 Å². The standard InChI is InChI=1S/C5H8BrN3O2.ClHO4/c1-7-3-4(6)5(8(7)2)9(10)11;2-1(3,4)5/h3,5H,1-2H3;(H,2,3,4,5). The summed E-state index contributed by atoms with van der Waals surface area (Å²) in [7, 11) is -1.40. The Kier molecular flexibility index (Phi) is 5.72. The van der Waals surface area contributed by atoms with E-state index in [9.17, 15) is 10.1 Å². The number of likely N-dealkylation sites (N-methyl/N-ethyl adjacent to an activating group) is 1. The number of hydrogen-bond acceptors (Lipinski definition) is 7. The molecule has 0 spiro atoms. The molecular formula is C5H9BrClN3O6. The molecule has 0 saturated carbocycles. The first kappa shape index (κ1) is 15.7. The summed E-state index contributed by atoms with van der Waals surface area (Å²) in [5, 5.41) is 13.0. The van der Waals surface area contributed by atoms with Crippen LogP contribution in [0.4, 0.5) is 0 Å². The van der Waals surface area contributed by atoms with Crippen molar-refractivity contribution < 1.29 is 38.8 Å². The van der Waals surface area contributed by atoms with Crippen LogP contribution in [0, 0.1) is 20.4 Å². The van der Waals surface area contributed by atoms with E-state index < -0.39 is 16.4 Å². The van der Waals surface area contributed by atoms with Gasteiger partial charge in [-0.15, -0.1) is 10.2 Å². The monoisotopic (exact) mass is 321 g/mol. The zero-order chi connectivity index (χ0) is 13.1. The number of halogens is 2. The maximum Gasteiger partial charge on any atom is 0.345 e. The molecule has 0 radical (unpaired) electrons. The summed E-state index contributed by atoms with van der Waals surface area (Å²) in [6.07, 6.45) is 1.03. The molecule has 0 saturated heterocycles. The van der Waals surface area contributed by atoms with Gasteiger partial charge < -0.3 is 0 Å². The van der Waals surface area contributed by atoms with Gasteiger partial charge in [0, 0.05) is 7.05 Å². The average molecular weight is 322 g/mol. The Balaban J connectivity index is 0.000000385. The van der Waals surface area contributed by atoms with Crippen molar-refractivity contribution in [1.29, 1.82) is 0 Å². The number of quaternary nitrogens is 1. The van der Waals surface area contributed by atoms with Gasteiger partial charge in [0.1, 0.15) is 10.7 Å². The summed E-state index contributed by atoms with van der Waals surface area (Å²) in [6.45, 7) is 0. The van der Waals surface area contributed by atoms with Crippen LogP contribution in [0.5, 0.6) is 0 Å². The lowest BCUT2D eigenvalue weighted by molar-refractivity contribution is -2.00. The van der Waals surface area contributed by atoms with Crippen LogP contribution in [0.25, 0.3) is 0 Å². The van der Waals surface area contributed by atoms with Crippen molar-refractivity contribution in [1.82, 2.24) is 5.01 Å². The van der Waals surface area contributed by atoms with Gasteiger partial charge in [-0.1, -0.05) is 5.01 Å². The molecule has 94 valence electrons. The molecule has 1 aliphatic heterocycles. The molecule has 11 heteroatoms. The van der Waals surface area contributed by atoms with Crippen LogP contribution in [-0.2, 0) is 0 Å². The molecule has 0 aliphatic carbocycles. The second-order valence-corrected chi connectivity index (χ2v) is 4.49. The molecule has 0 amide bonds. The Hall–Kier alpha value is -0.330. The highest BCUT2D eigenvalue weighted by Crippen LogP contribution is 2.16. The van der Waals surface area contributed by atoms with Gasteiger partial charge in [-0.05, 0) is 15.9 Å². The predicted octanol–water partition coefficient (Wildman–Crippen LogP) is -5.56. The van der Waals surface area contributed by atoms with E-state index >= 15 is 0 Å².